The van der Waals surface area contributed by atoms with E-state index in [0.29, 0.717) is 29.0 Å². The van der Waals surface area contributed by atoms with Gasteiger partial charge in [0.25, 0.3) is 0 Å². The molecule has 0 atom stereocenters. The Kier molecular flexibility index (Phi) is 14.0. The standard InChI is InChI=1S/C22H38O10P2/c1-7-29-33(24,30-8-2)16-19-15-22(28-13-11-12-27-18(5)23)20(14-21(19)26-6)17-34(25,31-9-3)32-10-4/h14-15H,7-13,16-17H2,1-6H3. The Bertz CT molecular complexity index is 838. The van der Waals surface area contributed by atoms with Crippen LogP contribution in [0, 0.1) is 0 Å². The zero-order valence-electron chi connectivity index (χ0n) is 21.0. The van der Waals surface area contributed by atoms with E-state index in [0.717, 1.165) is 0 Å². The number of ether oxygens (including phenoxy) is 3. The molecular formula is C22H38O10P2. The number of rotatable bonds is 18. The number of esters is 1. The number of methoxy groups -OCH3 is 1. The molecule has 0 N–H and O–H groups in total. The van der Waals surface area contributed by atoms with Crippen LogP contribution in [0.15, 0.2) is 12.1 Å². The van der Waals surface area contributed by atoms with Gasteiger partial charge in [-0.1, -0.05) is 0 Å². The molecule has 0 aliphatic carbocycles. The molecule has 0 fully saturated rings. The smallest absolute Gasteiger partial charge is 0.335 e. The summed E-state index contributed by atoms with van der Waals surface area (Å²) in [5, 5.41) is 0. The molecule has 1 aromatic rings. The van der Waals surface area contributed by atoms with Gasteiger partial charge in [0.05, 0.1) is 59.1 Å². The Hall–Kier alpha value is -1.41. The SMILES string of the molecule is CCOP(=O)(Cc1cc(OCCCOC(C)=O)c(CP(=O)(OCC)OCC)cc1OC)OCC. The second-order valence-corrected chi connectivity index (χ2v) is 11.1. The molecule has 0 saturated carbocycles. The minimum absolute atomic E-state index is 0.0312. The van der Waals surface area contributed by atoms with Crippen molar-refractivity contribution < 1.29 is 46.2 Å². The van der Waals surface area contributed by atoms with E-state index < -0.39 is 15.2 Å². The van der Waals surface area contributed by atoms with E-state index in [2.05, 4.69) is 0 Å². The van der Waals surface area contributed by atoms with Crippen LogP contribution in [0.25, 0.3) is 0 Å². The summed E-state index contributed by atoms with van der Waals surface area (Å²) in [6, 6.07) is 3.34. The third kappa shape index (κ3) is 10.5. The molecule has 0 bridgehead atoms. The summed E-state index contributed by atoms with van der Waals surface area (Å²) in [4.78, 5) is 11.0. The Morgan fingerprint density at radius 2 is 1.21 bits per heavy atom. The van der Waals surface area contributed by atoms with Crippen molar-refractivity contribution in [2.24, 2.45) is 0 Å². The van der Waals surface area contributed by atoms with Crippen LogP contribution < -0.4 is 9.47 Å². The highest BCUT2D eigenvalue weighted by Gasteiger charge is 2.30. The van der Waals surface area contributed by atoms with Gasteiger partial charge in [-0.3, -0.25) is 13.9 Å². The minimum atomic E-state index is -3.44. The van der Waals surface area contributed by atoms with Gasteiger partial charge in [0.2, 0.25) is 0 Å². The van der Waals surface area contributed by atoms with Gasteiger partial charge >= 0.3 is 21.2 Å². The third-order valence-corrected chi connectivity index (χ3v) is 8.41. The van der Waals surface area contributed by atoms with E-state index in [1.54, 1.807) is 39.8 Å². The first-order valence-electron chi connectivity index (χ1n) is 11.4. The Labute approximate surface area is 202 Å². The van der Waals surface area contributed by atoms with Crippen molar-refractivity contribution in [2.75, 3.05) is 46.8 Å². The molecule has 0 aromatic heterocycles. The van der Waals surface area contributed by atoms with Crippen LogP contribution in [0.3, 0.4) is 0 Å². The van der Waals surface area contributed by atoms with Gasteiger partial charge in [0, 0.05) is 24.5 Å². The monoisotopic (exact) mass is 524 g/mol. The predicted octanol–water partition coefficient (Wildman–Crippen LogP) is 5.56. The lowest BCUT2D eigenvalue weighted by molar-refractivity contribution is -0.141. The van der Waals surface area contributed by atoms with Gasteiger partial charge < -0.3 is 32.3 Å². The third-order valence-electron chi connectivity index (χ3n) is 4.35. The summed E-state index contributed by atoms with van der Waals surface area (Å²) >= 11 is 0. The summed E-state index contributed by atoms with van der Waals surface area (Å²) < 4.78 is 64.5. The first-order chi connectivity index (χ1) is 16.2. The quantitative estimate of drug-likeness (QED) is 0.137. The normalized spacial score (nSPS) is 11.9. The second kappa shape index (κ2) is 15.6. The summed E-state index contributed by atoms with van der Waals surface area (Å²) in [7, 11) is -5.38. The first-order valence-corrected chi connectivity index (χ1v) is 14.8. The Morgan fingerprint density at radius 1 is 0.765 bits per heavy atom. The molecule has 0 aliphatic heterocycles. The van der Waals surface area contributed by atoms with Crippen molar-refractivity contribution in [1.29, 1.82) is 0 Å². The lowest BCUT2D eigenvalue weighted by atomic mass is 10.1. The number of carbonyl (C=O) groups excluding carboxylic acids is 1. The van der Waals surface area contributed by atoms with Gasteiger partial charge in [-0.05, 0) is 39.8 Å². The van der Waals surface area contributed by atoms with Crippen LogP contribution in [-0.4, -0.2) is 52.7 Å². The van der Waals surface area contributed by atoms with Gasteiger partial charge in [-0.25, -0.2) is 0 Å². The molecule has 0 aliphatic rings. The van der Waals surface area contributed by atoms with E-state index in [-0.39, 0.29) is 57.9 Å². The molecule has 0 spiro atoms. The fraction of sp³-hybridized carbons (Fsp3) is 0.682. The van der Waals surface area contributed by atoms with Crippen molar-refractivity contribution in [3.63, 3.8) is 0 Å². The van der Waals surface area contributed by atoms with Crippen molar-refractivity contribution in [2.45, 2.75) is 53.4 Å². The largest absolute Gasteiger partial charge is 0.496 e. The Morgan fingerprint density at radius 3 is 1.62 bits per heavy atom. The maximum atomic E-state index is 13.2. The lowest BCUT2D eigenvalue weighted by Gasteiger charge is -2.22. The average molecular weight is 524 g/mol. The lowest BCUT2D eigenvalue weighted by Crippen LogP contribution is -2.09. The molecule has 34 heavy (non-hydrogen) atoms. The van der Waals surface area contributed by atoms with E-state index in [1.165, 1.54) is 14.0 Å². The van der Waals surface area contributed by atoms with Crippen LogP contribution in [0.1, 0.15) is 52.2 Å². The molecule has 0 radical (unpaired) electrons. The topological polar surface area (TPSA) is 116 Å². The highest BCUT2D eigenvalue weighted by atomic mass is 31.2. The second-order valence-electron chi connectivity index (χ2n) is 7.02. The van der Waals surface area contributed by atoms with E-state index in [4.69, 9.17) is 32.3 Å². The predicted molar refractivity (Wildman–Crippen MR) is 129 cm³/mol. The number of hydrogen-bond donors (Lipinski definition) is 0. The van der Waals surface area contributed by atoms with Gasteiger partial charge in [0.1, 0.15) is 11.5 Å². The van der Waals surface area contributed by atoms with Crippen LogP contribution in [0.2, 0.25) is 0 Å². The van der Waals surface area contributed by atoms with Crippen LogP contribution >= 0.6 is 15.2 Å². The van der Waals surface area contributed by atoms with E-state index >= 15 is 0 Å². The number of hydrogen-bond acceptors (Lipinski definition) is 10. The maximum absolute atomic E-state index is 13.2. The Balaban J connectivity index is 3.34. The molecule has 12 heteroatoms. The fourth-order valence-electron chi connectivity index (χ4n) is 3.13. The minimum Gasteiger partial charge on any atom is -0.496 e. The summed E-state index contributed by atoms with van der Waals surface area (Å²) in [6.45, 7) is 9.61. The maximum Gasteiger partial charge on any atom is 0.335 e. The first kappa shape index (κ1) is 30.6. The molecule has 10 nitrogen and oxygen atoms in total. The number of carbonyl (C=O) groups is 1. The molecular weight excluding hydrogens is 486 g/mol. The fourth-order valence-corrected chi connectivity index (χ4v) is 6.55. The highest BCUT2D eigenvalue weighted by molar-refractivity contribution is 7.53. The van der Waals surface area contributed by atoms with Crippen molar-refractivity contribution >= 4 is 21.2 Å². The highest BCUT2D eigenvalue weighted by Crippen LogP contribution is 2.55. The summed E-state index contributed by atoms with van der Waals surface area (Å²) in [5.74, 6) is 0.448. The molecule has 1 aromatic carbocycles. The van der Waals surface area contributed by atoms with E-state index in [9.17, 15) is 13.9 Å². The average Bonchev–Trinajstić information content (AvgIpc) is 2.75. The molecule has 196 valence electrons. The molecule has 0 unspecified atom stereocenters. The van der Waals surface area contributed by atoms with Crippen LogP contribution in [-0.2, 0) is 49.1 Å². The summed E-state index contributed by atoms with van der Waals surface area (Å²) in [6.07, 6.45) is 0.376. The van der Waals surface area contributed by atoms with Crippen molar-refractivity contribution in [3.8, 4) is 11.5 Å². The van der Waals surface area contributed by atoms with Gasteiger partial charge in [-0.15, -0.1) is 0 Å². The zero-order chi connectivity index (χ0) is 25.6. The van der Waals surface area contributed by atoms with Gasteiger partial charge in [-0.2, -0.15) is 0 Å². The molecule has 0 saturated heterocycles. The van der Waals surface area contributed by atoms with Crippen molar-refractivity contribution in [1.82, 2.24) is 0 Å². The summed E-state index contributed by atoms with van der Waals surface area (Å²) in [5.41, 5.74) is 1.09. The van der Waals surface area contributed by atoms with Crippen LogP contribution in [0.5, 0.6) is 11.5 Å². The zero-order valence-corrected chi connectivity index (χ0v) is 22.8. The molecule has 1 rings (SSSR count). The molecule has 0 heterocycles. The van der Waals surface area contributed by atoms with E-state index in [1.807, 2.05) is 0 Å². The van der Waals surface area contributed by atoms with Crippen LogP contribution in [0.4, 0.5) is 0 Å². The number of benzene rings is 1. The molecule has 0 amide bonds. The van der Waals surface area contributed by atoms with Gasteiger partial charge in [0.15, 0.2) is 0 Å². The van der Waals surface area contributed by atoms with Crippen molar-refractivity contribution in [3.05, 3.63) is 23.3 Å².